The number of aliphatic hydroxyl groups excluding tert-OH is 1. The number of piperidine rings is 1. The van der Waals surface area contributed by atoms with Crippen LogP contribution in [0.4, 0.5) is 0 Å². The number of likely N-dealkylation sites (tertiary alicyclic amines) is 1. The zero-order valence-corrected chi connectivity index (χ0v) is 13.1. The number of rotatable bonds is 7. The fourth-order valence-corrected chi connectivity index (χ4v) is 3.78. The zero-order valence-electron chi connectivity index (χ0n) is 13.1. The minimum Gasteiger partial charge on any atom is -0.394 e. The summed E-state index contributed by atoms with van der Waals surface area (Å²) < 4.78 is 0. The monoisotopic (exact) mass is 281 g/mol. The van der Waals surface area contributed by atoms with E-state index in [0.29, 0.717) is 18.6 Å². The molecule has 3 rings (SSSR count). The first-order valence-electron chi connectivity index (χ1n) is 8.40. The van der Waals surface area contributed by atoms with E-state index >= 15 is 0 Å². The average molecular weight is 281 g/mol. The molecule has 0 aromatic rings. The van der Waals surface area contributed by atoms with Gasteiger partial charge in [-0.05, 0) is 71.6 Å². The maximum Gasteiger partial charge on any atom is 0.0628 e. The lowest BCUT2D eigenvalue weighted by Crippen LogP contribution is -2.60. The first kappa shape index (κ1) is 14.8. The summed E-state index contributed by atoms with van der Waals surface area (Å²) >= 11 is 0. The molecule has 4 heteroatoms. The van der Waals surface area contributed by atoms with E-state index in [-0.39, 0.29) is 5.54 Å². The fraction of sp³-hybridized carbons (Fsp3) is 1.00. The van der Waals surface area contributed by atoms with Gasteiger partial charge in [-0.3, -0.25) is 0 Å². The molecule has 2 N–H and O–H groups in total. The predicted octanol–water partition coefficient (Wildman–Crippen LogP) is 0.906. The fourth-order valence-electron chi connectivity index (χ4n) is 3.78. The van der Waals surface area contributed by atoms with Crippen LogP contribution in [0.2, 0.25) is 0 Å². The van der Waals surface area contributed by atoms with Crippen molar-refractivity contribution in [3.05, 3.63) is 0 Å². The summed E-state index contributed by atoms with van der Waals surface area (Å²) in [6, 6.07) is 1.43. The molecule has 4 nitrogen and oxygen atoms in total. The van der Waals surface area contributed by atoms with E-state index in [1.807, 2.05) is 0 Å². The lowest BCUT2D eigenvalue weighted by molar-refractivity contribution is 0.0646. The Labute approximate surface area is 123 Å². The molecule has 1 aliphatic heterocycles. The van der Waals surface area contributed by atoms with Gasteiger partial charge < -0.3 is 20.2 Å². The molecule has 0 amide bonds. The van der Waals surface area contributed by atoms with Gasteiger partial charge in [0.25, 0.3) is 0 Å². The predicted molar refractivity (Wildman–Crippen MR) is 81.8 cm³/mol. The summed E-state index contributed by atoms with van der Waals surface area (Å²) in [6.45, 7) is 3.72. The minimum atomic E-state index is -0.00782. The van der Waals surface area contributed by atoms with E-state index in [0.717, 1.165) is 12.6 Å². The quantitative estimate of drug-likeness (QED) is 0.727. The van der Waals surface area contributed by atoms with Crippen LogP contribution in [0.3, 0.4) is 0 Å². The van der Waals surface area contributed by atoms with Crippen molar-refractivity contribution >= 4 is 0 Å². The Balaban J connectivity index is 1.56. The van der Waals surface area contributed by atoms with Gasteiger partial charge in [-0.2, -0.15) is 0 Å². The number of aliphatic hydroxyl groups is 1. The number of hydrogen-bond acceptors (Lipinski definition) is 4. The van der Waals surface area contributed by atoms with Gasteiger partial charge in [-0.25, -0.2) is 0 Å². The van der Waals surface area contributed by atoms with Crippen molar-refractivity contribution in [1.82, 2.24) is 15.1 Å². The van der Waals surface area contributed by atoms with Crippen molar-refractivity contribution in [2.45, 2.75) is 56.1 Å². The Hall–Kier alpha value is -0.160. The number of nitrogens with zero attached hydrogens (tertiary/aromatic N) is 2. The lowest BCUT2D eigenvalue weighted by Gasteiger charge is -2.42. The first-order valence-corrected chi connectivity index (χ1v) is 8.40. The summed E-state index contributed by atoms with van der Waals surface area (Å²) in [5, 5.41) is 13.8. The molecule has 0 radical (unpaired) electrons. The largest absolute Gasteiger partial charge is 0.394 e. The highest BCUT2D eigenvalue weighted by Crippen LogP contribution is 2.42. The average Bonchev–Trinajstić information content (AvgIpc) is 3.31. The van der Waals surface area contributed by atoms with Crippen LogP contribution in [0.25, 0.3) is 0 Å². The van der Waals surface area contributed by atoms with E-state index in [2.05, 4.69) is 29.2 Å². The van der Waals surface area contributed by atoms with Crippen molar-refractivity contribution in [3.63, 3.8) is 0 Å². The van der Waals surface area contributed by atoms with Gasteiger partial charge in [0.05, 0.1) is 12.1 Å². The molecular formula is C16H31N3O. The molecule has 1 heterocycles. The van der Waals surface area contributed by atoms with Gasteiger partial charge >= 0.3 is 0 Å². The highest BCUT2D eigenvalue weighted by Gasteiger charge is 2.48. The third-order valence-electron chi connectivity index (χ3n) is 5.50. The molecule has 0 aromatic heterocycles. The van der Waals surface area contributed by atoms with Crippen LogP contribution in [0, 0.1) is 5.92 Å². The van der Waals surface area contributed by atoms with Crippen molar-refractivity contribution in [1.29, 1.82) is 0 Å². The zero-order chi connectivity index (χ0) is 14.2. The van der Waals surface area contributed by atoms with Crippen molar-refractivity contribution in [2.75, 3.05) is 40.3 Å². The van der Waals surface area contributed by atoms with Crippen LogP contribution in [0.15, 0.2) is 0 Å². The number of hydrogen-bond donors (Lipinski definition) is 2. The summed E-state index contributed by atoms with van der Waals surface area (Å²) in [6.07, 6.45) is 7.74. The van der Waals surface area contributed by atoms with E-state index in [9.17, 15) is 5.11 Å². The molecular weight excluding hydrogens is 250 g/mol. The summed E-state index contributed by atoms with van der Waals surface area (Å²) in [5.41, 5.74) is -0.00782. The van der Waals surface area contributed by atoms with Crippen LogP contribution < -0.4 is 5.32 Å². The molecule has 1 saturated heterocycles. The maximum atomic E-state index is 10.0. The highest BCUT2D eigenvalue weighted by atomic mass is 16.3. The molecule has 2 saturated carbocycles. The molecule has 0 aromatic carbocycles. The molecule has 3 fully saturated rings. The molecule has 20 heavy (non-hydrogen) atoms. The van der Waals surface area contributed by atoms with E-state index in [1.165, 1.54) is 51.6 Å². The van der Waals surface area contributed by atoms with Crippen LogP contribution >= 0.6 is 0 Å². The van der Waals surface area contributed by atoms with Gasteiger partial charge in [-0.15, -0.1) is 0 Å². The Bertz CT molecular complexity index is 320. The van der Waals surface area contributed by atoms with Gasteiger partial charge in [-0.1, -0.05) is 0 Å². The molecule has 1 atom stereocenters. The normalized spacial score (nSPS) is 28.8. The SMILES string of the molecule is CN(C)C1CCN(CC(CO)(NC2CC2)C2CC2)CC1. The lowest BCUT2D eigenvalue weighted by atomic mass is 9.91. The van der Waals surface area contributed by atoms with E-state index < -0.39 is 0 Å². The molecule has 3 aliphatic rings. The topological polar surface area (TPSA) is 38.7 Å². The van der Waals surface area contributed by atoms with Gasteiger partial charge in [0.2, 0.25) is 0 Å². The number of nitrogens with one attached hydrogen (secondary N) is 1. The Kier molecular flexibility index (Phi) is 4.37. The third-order valence-corrected chi connectivity index (χ3v) is 5.50. The molecule has 0 bridgehead atoms. The summed E-state index contributed by atoms with van der Waals surface area (Å²) in [4.78, 5) is 4.95. The van der Waals surface area contributed by atoms with Crippen molar-refractivity contribution in [2.24, 2.45) is 5.92 Å². The van der Waals surface area contributed by atoms with Crippen LogP contribution in [-0.2, 0) is 0 Å². The Morgan fingerprint density at radius 2 is 1.75 bits per heavy atom. The molecule has 1 unspecified atom stereocenters. The second-order valence-electron chi connectivity index (χ2n) is 7.48. The second kappa shape index (κ2) is 5.91. The molecule has 116 valence electrons. The third kappa shape index (κ3) is 3.35. The van der Waals surface area contributed by atoms with Crippen LogP contribution in [0.1, 0.15) is 38.5 Å². The van der Waals surface area contributed by atoms with Crippen LogP contribution in [0.5, 0.6) is 0 Å². The molecule has 0 spiro atoms. The highest BCUT2D eigenvalue weighted by molar-refractivity contribution is 5.06. The van der Waals surface area contributed by atoms with E-state index in [4.69, 9.17) is 0 Å². The summed E-state index contributed by atoms with van der Waals surface area (Å²) in [5.74, 6) is 0.708. The van der Waals surface area contributed by atoms with Gasteiger partial charge in [0.1, 0.15) is 0 Å². The van der Waals surface area contributed by atoms with Crippen molar-refractivity contribution < 1.29 is 5.11 Å². The summed E-state index contributed by atoms with van der Waals surface area (Å²) in [7, 11) is 4.38. The van der Waals surface area contributed by atoms with Crippen molar-refractivity contribution in [3.8, 4) is 0 Å². The molecule has 2 aliphatic carbocycles. The maximum absolute atomic E-state index is 10.0. The van der Waals surface area contributed by atoms with Gasteiger partial charge in [0.15, 0.2) is 0 Å². The van der Waals surface area contributed by atoms with E-state index in [1.54, 1.807) is 0 Å². The first-order chi connectivity index (χ1) is 9.63. The van der Waals surface area contributed by atoms with Gasteiger partial charge in [0, 0.05) is 18.6 Å². The second-order valence-corrected chi connectivity index (χ2v) is 7.48. The Morgan fingerprint density at radius 1 is 1.10 bits per heavy atom. The minimum absolute atomic E-state index is 0.00782. The standard InChI is InChI=1S/C16H31N3O/c1-18(2)15-7-9-19(10-8-15)11-16(12-20,13-3-4-13)17-14-5-6-14/h13-15,17,20H,3-12H2,1-2H3. The van der Waals surface area contributed by atoms with Crippen LogP contribution in [-0.4, -0.2) is 72.9 Å². The Morgan fingerprint density at radius 3 is 2.20 bits per heavy atom. The smallest absolute Gasteiger partial charge is 0.0628 e.